The number of pyridine rings is 2. The molecule has 7 heteroatoms. The maximum absolute atomic E-state index is 6.38. The van der Waals surface area contributed by atoms with Crippen LogP contribution in [-0.4, -0.2) is 19.9 Å². The van der Waals surface area contributed by atoms with Gasteiger partial charge in [-0.25, -0.2) is 9.97 Å². The smallest absolute Gasteiger partial charge is 0.248 e. The van der Waals surface area contributed by atoms with Gasteiger partial charge in [0.1, 0.15) is 23.6 Å². The lowest BCUT2D eigenvalue weighted by atomic mass is 10.2. The van der Waals surface area contributed by atoms with Gasteiger partial charge in [-0.2, -0.15) is 4.98 Å². The number of anilines is 3. The van der Waals surface area contributed by atoms with Crippen molar-refractivity contribution in [2.24, 2.45) is 0 Å². The minimum Gasteiger partial charge on any atom is -0.435 e. The molecular weight excluding hydrogens is 352 g/mol. The summed E-state index contributed by atoms with van der Waals surface area (Å²) in [5.74, 6) is 2.07. The summed E-state index contributed by atoms with van der Waals surface area (Å²) in [5, 5.41) is 0. The van der Waals surface area contributed by atoms with Crippen molar-refractivity contribution in [3.8, 4) is 11.6 Å². The number of nitrogens with two attached hydrogens (primary N) is 1. The molecule has 4 rings (SSSR count). The van der Waals surface area contributed by atoms with Gasteiger partial charge in [-0.3, -0.25) is 4.98 Å². The number of hydrogen-bond acceptors (Lipinski definition) is 7. The predicted octanol–water partition coefficient (Wildman–Crippen LogP) is 3.98. The van der Waals surface area contributed by atoms with Crippen LogP contribution in [0.3, 0.4) is 0 Å². The Labute approximate surface area is 162 Å². The van der Waals surface area contributed by atoms with Crippen molar-refractivity contribution < 1.29 is 4.74 Å². The van der Waals surface area contributed by atoms with Crippen molar-refractivity contribution in [3.05, 3.63) is 91.1 Å². The van der Waals surface area contributed by atoms with Crippen LogP contribution in [0.2, 0.25) is 0 Å². The molecule has 2 N–H and O–H groups in total. The number of ether oxygens (including phenoxy) is 1. The predicted molar refractivity (Wildman–Crippen MR) is 107 cm³/mol. The van der Waals surface area contributed by atoms with Gasteiger partial charge in [-0.15, -0.1) is 0 Å². The highest BCUT2D eigenvalue weighted by Gasteiger charge is 2.19. The number of hydrogen-bond donors (Lipinski definition) is 1. The highest BCUT2D eigenvalue weighted by molar-refractivity contribution is 5.73. The van der Waals surface area contributed by atoms with E-state index in [1.165, 1.54) is 6.33 Å². The highest BCUT2D eigenvalue weighted by atomic mass is 16.5. The molecule has 0 spiro atoms. The van der Waals surface area contributed by atoms with Crippen LogP contribution in [0.25, 0.3) is 0 Å². The van der Waals surface area contributed by atoms with Gasteiger partial charge >= 0.3 is 0 Å². The Kier molecular flexibility index (Phi) is 5.06. The van der Waals surface area contributed by atoms with Crippen molar-refractivity contribution in [1.29, 1.82) is 0 Å². The summed E-state index contributed by atoms with van der Waals surface area (Å²) in [7, 11) is 0. The molecule has 0 aliphatic carbocycles. The van der Waals surface area contributed by atoms with E-state index >= 15 is 0 Å². The molecule has 138 valence electrons. The second kappa shape index (κ2) is 8.13. The third-order valence-electron chi connectivity index (χ3n) is 4.04. The first kappa shape index (κ1) is 17.4. The van der Waals surface area contributed by atoms with Crippen LogP contribution >= 0.6 is 0 Å². The van der Waals surface area contributed by atoms with Crippen LogP contribution in [0.5, 0.6) is 11.6 Å². The first-order valence-electron chi connectivity index (χ1n) is 8.72. The van der Waals surface area contributed by atoms with Crippen molar-refractivity contribution >= 4 is 17.3 Å². The zero-order chi connectivity index (χ0) is 19.2. The van der Waals surface area contributed by atoms with E-state index in [0.717, 1.165) is 11.4 Å². The molecule has 0 fully saturated rings. The van der Waals surface area contributed by atoms with Gasteiger partial charge in [0.25, 0.3) is 0 Å². The molecule has 3 aromatic heterocycles. The first-order chi connectivity index (χ1) is 13.8. The quantitative estimate of drug-likeness (QED) is 0.549. The monoisotopic (exact) mass is 370 g/mol. The molecule has 0 amide bonds. The second-order valence-corrected chi connectivity index (χ2v) is 5.97. The molecule has 0 radical (unpaired) electrons. The van der Waals surface area contributed by atoms with E-state index in [0.29, 0.717) is 23.8 Å². The fourth-order valence-corrected chi connectivity index (χ4v) is 2.73. The van der Waals surface area contributed by atoms with Gasteiger partial charge in [-0.1, -0.05) is 36.4 Å². The molecule has 28 heavy (non-hydrogen) atoms. The number of rotatable bonds is 6. The summed E-state index contributed by atoms with van der Waals surface area (Å²) < 4.78 is 5.80. The number of nitrogens with zero attached hydrogens (tertiary/aromatic N) is 5. The zero-order valence-electron chi connectivity index (χ0n) is 15.0. The molecule has 0 unspecified atom stereocenters. The molecule has 0 aliphatic rings. The topological polar surface area (TPSA) is 90.0 Å². The summed E-state index contributed by atoms with van der Waals surface area (Å²) in [6.07, 6.45) is 6.43. The minimum absolute atomic E-state index is 0.270. The Balaban J connectivity index is 1.73. The third kappa shape index (κ3) is 3.88. The normalized spacial score (nSPS) is 10.4. The summed E-state index contributed by atoms with van der Waals surface area (Å²) in [5.41, 5.74) is 7.81. The van der Waals surface area contributed by atoms with E-state index in [4.69, 9.17) is 10.5 Å². The Morgan fingerprint density at radius 1 is 0.857 bits per heavy atom. The van der Waals surface area contributed by atoms with Gasteiger partial charge in [0.05, 0.1) is 12.7 Å². The lowest BCUT2D eigenvalue weighted by Gasteiger charge is -2.24. The highest BCUT2D eigenvalue weighted by Crippen LogP contribution is 2.35. The molecule has 7 nitrogen and oxygen atoms in total. The zero-order valence-corrected chi connectivity index (χ0v) is 15.0. The van der Waals surface area contributed by atoms with E-state index < -0.39 is 0 Å². The third-order valence-corrected chi connectivity index (χ3v) is 4.04. The van der Waals surface area contributed by atoms with Crippen LogP contribution in [0.1, 0.15) is 5.56 Å². The molecule has 0 saturated heterocycles. The van der Waals surface area contributed by atoms with Crippen molar-refractivity contribution in [2.75, 3.05) is 10.6 Å². The van der Waals surface area contributed by atoms with Gasteiger partial charge in [0.2, 0.25) is 5.88 Å². The Hall–Kier alpha value is -4.00. The van der Waals surface area contributed by atoms with E-state index in [1.54, 1.807) is 30.7 Å². The van der Waals surface area contributed by atoms with E-state index in [2.05, 4.69) is 19.9 Å². The molecule has 0 aliphatic heterocycles. The van der Waals surface area contributed by atoms with Crippen molar-refractivity contribution in [1.82, 2.24) is 19.9 Å². The summed E-state index contributed by atoms with van der Waals surface area (Å²) in [6.45, 7) is 0.547. The van der Waals surface area contributed by atoms with Crippen LogP contribution in [0.15, 0.2) is 85.6 Å². The van der Waals surface area contributed by atoms with Gasteiger partial charge in [0, 0.05) is 12.4 Å². The van der Waals surface area contributed by atoms with Crippen LogP contribution in [0.4, 0.5) is 17.3 Å². The average Bonchev–Trinajstić information content (AvgIpc) is 2.76. The molecule has 4 aromatic rings. The number of aromatic nitrogens is 4. The maximum Gasteiger partial charge on any atom is 0.248 e. The fraction of sp³-hybridized carbons (Fsp3) is 0.0476. The number of benzene rings is 1. The van der Waals surface area contributed by atoms with Gasteiger partial charge in [0.15, 0.2) is 5.82 Å². The molecular formula is C21H18N6O. The second-order valence-electron chi connectivity index (χ2n) is 5.97. The average molecular weight is 370 g/mol. The number of nitrogen functional groups attached to an aromatic ring is 1. The standard InChI is InChI=1S/C21H18N6O/c22-19-20(25-15-26-21(19)28-17-9-6-11-23-13-17)27(18-10-4-5-12-24-18)14-16-7-2-1-3-8-16/h1-13,15H,14,22H2. The Morgan fingerprint density at radius 2 is 1.71 bits per heavy atom. The Morgan fingerprint density at radius 3 is 2.46 bits per heavy atom. The minimum atomic E-state index is 0.270. The van der Waals surface area contributed by atoms with E-state index in [1.807, 2.05) is 53.4 Å². The summed E-state index contributed by atoms with van der Waals surface area (Å²) in [6, 6.07) is 19.3. The fourth-order valence-electron chi connectivity index (χ4n) is 2.73. The first-order valence-corrected chi connectivity index (χ1v) is 8.72. The van der Waals surface area contributed by atoms with Crippen molar-refractivity contribution in [3.63, 3.8) is 0 Å². The van der Waals surface area contributed by atoms with Crippen molar-refractivity contribution in [2.45, 2.75) is 6.54 Å². The van der Waals surface area contributed by atoms with Crippen LogP contribution < -0.4 is 15.4 Å². The molecule has 3 heterocycles. The largest absolute Gasteiger partial charge is 0.435 e. The lowest BCUT2D eigenvalue weighted by molar-refractivity contribution is 0.462. The van der Waals surface area contributed by atoms with E-state index in [9.17, 15) is 0 Å². The lowest BCUT2D eigenvalue weighted by Crippen LogP contribution is -2.20. The molecule has 1 aromatic carbocycles. The molecule has 0 saturated carbocycles. The van der Waals surface area contributed by atoms with Crippen LogP contribution in [0, 0.1) is 0 Å². The maximum atomic E-state index is 6.38. The molecule has 0 atom stereocenters. The van der Waals surface area contributed by atoms with Gasteiger partial charge in [-0.05, 0) is 29.8 Å². The van der Waals surface area contributed by atoms with E-state index in [-0.39, 0.29) is 5.88 Å². The summed E-state index contributed by atoms with van der Waals surface area (Å²) in [4.78, 5) is 19.0. The molecule has 0 bridgehead atoms. The Bertz CT molecular complexity index is 1030. The van der Waals surface area contributed by atoms with Crippen LogP contribution in [-0.2, 0) is 6.54 Å². The SMILES string of the molecule is Nc1c(Oc2cccnc2)ncnc1N(Cc1ccccc1)c1ccccn1. The summed E-state index contributed by atoms with van der Waals surface area (Å²) >= 11 is 0. The van der Waals surface area contributed by atoms with Gasteiger partial charge < -0.3 is 15.4 Å².